The highest BCUT2D eigenvalue weighted by molar-refractivity contribution is 14.1. The quantitative estimate of drug-likeness (QED) is 0.369. The van der Waals surface area contributed by atoms with Gasteiger partial charge in [-0.25, -0.2) is 7.29 Å². The molecular weight excluding hydrogens is 580 g/mol. The van der Waals surface area contributed by atoms with E-state index < -0.39 is 5.41 Å². The molecule has 2 aromatic carbocycles. The maximum atomic E-state index is 15.3. The number of carbonyl (C=O) groups is 1. The summed E-state index contributed by atoms with van der Waals surface area (Å²) in [7, 11) is 0. The van der Waals surface area contributed by atoms with Crippen LogP contribution in [0.15, 0.2) is 54.9 Å². The molecule has 3 aromatic rings. The number of anilines is 1. The zero-order chi connectivity index (χ0) is 25.7. The summed E-state index contributed by atoms with van der Waals surface area (Å²) >= 11 is 2.07. The zero-order valence-electron chi connectivity index (χ0n) is 21.4. The Morgan fingerprint density at radius 3 is 2.59 bits per heavy atom. The van der Waals surface area contributed by atoms with Crippen molar-refractivity contribution in [2.24, 2.45) is 0 Å². The zero-order valence-corrected chi connectivity index (χ0v) is 23.6. The molecule has 3 aliphatic rings. The van der Waals surface area contributed by atoms with E-state index in [2.05, 4.69) is 57.7 Å². The van der Waals surface area contributed by atoms with Crippen molar-refractivity contribution < 1.29 is 9.18 Å². The molecule has 0 bridgehead atoms. The Morgan fingerprint density at radius 2 is 1.89 bits per heavy atom. The van der Waals surface area contributed by atoms with Crippen molar-refractivity contribution in [3.05, 3.63) is 71.8 Å². The van der Waals surface area contributed by atoms with Gasteiger partial charge in [0.2, 0.25) is 5.91 Å². The second-order valence-corrected chi connectivity index (χ2v) is 12.0. The minimum Gasteiger partial charge on any atom is -0.307 e. The lowest BCUT2D eigenvalue weighted by Crippen LogP contribution is -2.48. The maximum Gasteiger partial charge on any atom is 0.239 e. The number of carbonyl (C=O) groups excluding carboxylic acids is 1. The second kappa shape index (κ2) is 9.78. The van der Waals surface area contributed by atoms with Crippen LogP contribution >= 0.6 is 22.9 Å². The van der Waals surface area contributed by atoms with Crippen molar-refractivity contribution in [2.75, 3.05) is 31.1 Å². The number of aromatic nitrogens is 2. The number of hydrogen-bond acceptors (Lipinski definition) is 4. The molecule has 8 heteroatoms. The van der Waals surface area contributed by atoms with Crippen molar-refractivity contribution in [1.29, 1.82) is 0 Å². The molecule has 1 aromatic heterocycles. The highest BCUT2D eigenvalue weighted by Crippen LogP contribution is 2.48. The predicted molar refractivity (Wildman–Crippen MR) is 152 cm³/mol. The molecule has 6 rings (SSSR count). The van der Waals surface area contributed by atoms with Crippen molar-refractivity contribution in [2.45, 2.75) is 57.2 Å². The third kappa shape index (κ3) is 4.40. The fourth-order valence-corrected chi connectivity index (χ4v) is 6.96. The lowest BCUT2D eigenvalue weighted by atomic mass is 9.81. The van der Waals surface area contributed by atoms with Gasteiger partial charge >= 0.3 is 0 Å². The van der Waals surface area contributed by atoms with Gasteiger partial charge in [-0.1, -0.05) is 30.3 Å². The van der Waals surface area contributed by atoms with Crippen LogP contribution in [0.5, 0.6) is 0 Å². The first-order chi connectivity index (χ1) is 17.9. The summed E-state index contributed by atoms with van der Waals surface area (Å²) in [6, 6.07) is 14.5. The van der Waals surface area contributed by atoms with Gasteiger partial charge in [0.1, 0.15) is 5.82 Å². The number of rotatable bonds is 5. The summed E-state index contributed by atoms with van der Waals surface area (Å²) in [5, 5.41) is 4.18. The van der Waals surface area contributed by atoms with E-state index in [1.54, 1.807) is 21.2 Å². The van der Waals surface area contributed by atoms with Crippen LogP contribution in [0.2, 0.25) is 0 Å². The minimum atomic E-state index is -0.531. The number of fused-ring (bicyclic) bond motifs is 2. The maximum absolute atomic E-state index is 15.3. The number of hydrogen-bond donors (Lipinski definition) is 0. The SMILES string of the molecule is CC(C)N1CCC(N2CCC3(C2)C(=O)N(Cc2ccc(-c4cnn(I)c4)cc2F)c2ccccc23)CC1. The normalized spacial score (nSPS) is 23.1. The Labute approximate surface area is 231 Å². The molecule has 1 spiro atoms. The summed E-state index contributed by atoms with van der Waals surface area (Å²) in [5.41, 5.74) is 3.68. The van der Waals surface area contributed by atoms with E-state index in [1.165, 1.54) is 0 Å². The topological polar surface area (TPSA) is 44.6 Å². The molecule has 1 unspecified atom stereocenters. The number of nitrogens with zero attached hydrogens (tertiary/aromatic N) is 5. The molecule has 2 fully saturated rings. The summed E-state index contributed by atoms with van der Waals surface area (Å²) < 4.78 is 17.0. The van der Waals surface area contributed by atoms with E-state index in [9.17, 15) is 4.79 Å². The molecule has 0 saturated carbocycles. The van der Waals surface area contributed by atoms with Crippen LogP contribution in [0.3, 0.4) is 0 Å². The van der Waals surface area contributed by atoms with E-state index in [0.717, 1.165) is 67.8 Å². The number of halogens is 2. The van der Waals surface area contributed by atoms with Gasteiger partial charge in [-0.05, 0) is 76.0 Å². The molecule has 194 valence electrons. The smallest absolute Gasteiger partial charge is 0.239 e. The van der Waals surface area contributed by atoms with Gasteiger partial charge in [0.25, 0.3) is 0 Å². The molecule has 0 radical (unpaired) electrons. The number of para-hydroxylation sites is 1. The Hall–Kier alpha value is -2.30. The summed E-state index contributed by atoms with van der Waals surface area (Å²) in [6.07, 6.45) is 6.72. The van der Waals surface area contributed by atoms with Gasteiger partial charge in [-0.15, -0.1) is 0 Å². The molecule has 0 N–H and O–H groups in total. The first-order valence-corrected chi connectivity index (χ1v) is 14.2. The Morgan fingerprint density at radius 1 is 1.11 bits per heavy atom. The van der Waals surface area contributed by atoms with Crippen LogP contribution in [-0.2, 0) is 16.8 Å². The highest BCUT2D eigenvalue weighted by Gasteiger charge is 2.55. The van der Waals surface area contributed by atoms with Crippen LogP contribution in [0, 0.1) is 5.82 Å². The van der Waals surface area contributed by atoms with Crippen LogP contribution in [0.25, 0.3) is 11.1 Å². The van der Waals surface area contributed by atoms with Gasteiger partial charge in [-0.2, -0.15) is 5.10 Å². The van der Waals surface area contributed by atoms with Gasteiger partial charge in [0.15, 0.2) is 0 Å². The van der Waals surface area contributed by atoms with E-state index in [1.807, 2.05) is 35.4 Å². The molecule has 0 aliphatic carbocycles. The molecular formula is C29H33FIN5O. The Kier molecular flexibility index (Phi) is 6.61. The lowest BCUT2D eigenvalue weighted by molar-refractivity contribution is -0.123. The Balaban J connectivity index is 1.23. The molecule has 1 amide bonds. The predicted octanol–water partition coefficient (Wildman–Crippen LogP) is 5.25. The lowest BCUT2D eigenvalue weighted by Gasteiger charge is -2.39. The van der Waals surface area contributed by atoms with Crippen LogP contribution in [0.4, 0.5) is 10.1 Å². The third-order valence-corrected chi connectivity index (χ3v) is 9.20. The van der Waals surface area contributed by atoms with Crippen molar-refractivity contribution in [3.8, 4) is 11.1 Å². The average Bonchev–Trinajstić information content (AvgIpc) is 3.60. The summed E-state index contributed by atoms with van der Waals surface area (Å²) in [5.74, 6) is -0.180. The van der Waals surface area contributed by atoms with Crippen molar-refractivity contribution >= 4 is 34.5 Å². The molecule has 6 nitrogen and oxygen atoms in total. The Bertz CT molecular complexity index is 1320. The first-order valence-electron chi connectivity index (χ1n) is 13.2. The standard InChI is InChI=1S/C29H33FIN5O/c1-20(2)33-12-9-24(10-13-33)34-14-11-29(19-34)25-5-3-4-6-27(25)35(28(29)37)17-22-8-7-21(15-26(22)30)23-16-32-36(31)18-23/h3-8,15-16,18,20,24H,9-14,17,19H2,1-2H3. The molecule has 4 heterocycles. The van der Waals surface area contributed by atoms with E-state index in [4.69, 9.17) is 0 Å². The summed E-state index contributed by atoms with van der Waals surface area (Å²) in [6.45, 7) is 8.71. The first kappa shape index (κ1) is 25.0. The van der Waals surface area contributed by atoms with Crippen LogP contribution in [-0.4, -0.2) is 62.0 Å². The van der Waals surface area contributed by atoms with E-state index >= 15 is 4.39 Å². The molecule has 1 atom stereocenters. The van der Waals surface area contributed by atoms with E-state index in [0.29, 0.717) is 17.6 Å². The molecule has 2 saturated heterocycles. The van der Waals surface area contributed by atoms with Crippen molar-refractivity contribution in [3.63, 3.8) is 0 Å². The second-order valence-electron chi connectivity index (χ2n) is 11.0. The van der Waals surface area contributed by atoms with E-state index in [-0.39, 0.29) is 18.3 Å². The number of amides is 1. The number of piperidine rings is 1. The average molecular weight is 614 g/mol. The fraction of sp³-hybridized carbons (Fsp3) is 0.448. The van der Waals surface area contributed by atoms with Gasteiger partial charge < -0.3 is 9.80 Å². The van der Waals surface area contributed by atoms with Gasteiger partial charge in [-0.3, -0.25) is 9.69 Å². The number of benzene rings is 2. The fourth-order valence-electron chi connectivity index (χ4n) is 6.54. The molecule has 3 aliphatic heterocycles. The van der Waals surface area contributed by atoms with Crippen LogP contribution in [0.1, 0.15) is 44.2 Å². The molecule has 37 heavy (non-hydrogen) atoms. The minimum absolute atomic E-state index is 0.116. The van der Waals surface area contributed by atoms with Gasteiger partial charge in [0.05, 0.1) is 41.0 Å². The highest BCUT2D eigenvalue weighted by atomic mass is 127. The third-order valence-electron chi connectivity index (χ3n) is 8.68. The van der Waals surface area contributed by atoms with Crippen molar-refractivity contribution in [1.82, 2.24) is 17.8 Å². The summed E-state index contributed by atoms with van der Waals surface area (Å²) in [4.78, 5) is 21.0. The van der Waals surface area contributed by atoms with Crippen LogP contribution < -0.4 is 4.90 Å². The largest absolute Gasteiger partial charge is 0.307 e. The van der Waals surface area contributed by atoms with Gasteiger partial charge in [0, 0.05) is 41.6 Å². The monoisotopic (exact) mass is 613 g/mol. The number of likely N-dealkylation sites (tertiary alicyclic amines) is 2.